The molecule has 0 bridgehead atoms. The Balaban J connectivity index is 1.96. The maximum Gasteiger partial charge on any atom is 0.137 e. The van der Waals surface area contributed by atoms with Crippen LogP contribution >= 0.6 is 0 Å². The zero-order chi connectivity index (χ0) is 18.2. The summed E-state index contributed by atoms with van der Waals surface area (Å²) in [5, 5.41) is 0. The van der Waals surface area contributed by atoms with Crippen molar-refractivity contribution < 1.29 is 9.47 Å². The van der Waals surface area contributed by atoms with Gasteiger partial charge in [-0.3, -0.25) is 0 Å². The number of allylic oxidation sites excluding steroid dienone is 2. The smallest absolute Gasteiger partial charge is 0.137 e. The van der Waals surface area contributed by atoms with E-state index >= 15 is 0 Å². The van der Waals surface area contributed by atoms with Crippen LogP contribution in [0.4, 0.5) is 0 Å². The van der Waals surface area contributed by atoms with E-state index in [1.54, 1.807) is 7.11 Å². The van der Waals surface area contributed by atoms with Gasteiger partial charge in [-0.05, 0) is 54.5 Å². The molecule has 0 saturated heterocycles. The first-order chi connectivity index (χ1) is 12.8. The summed E-state index contributed by atoms with van der Waals surface area (Å²) in [6.07, 6.45) is 4.17. The van der Waals surface area contributed by atoms with E-state index in [0.717, 1.165) is 34.0 Å². The fraction of sp³-hybridized carbons (Fsp3) is 0.0833. The lowest BCUT2D eigenvalue weighted by molar-refractivity contribution is 0.414. The minimum atomic E-state index is 0.811. The van der Waals surface area contributed by atoms with Gasteiger partial charge in [-0.2, -0.15) is 0 Å². The van der Waals surface area contributed by atoms with Gasteiger partial charge >= 0.3 is 0 Å². The van der Waals surface area contributed by atoms with Crippen LogP contribution in [-0.2, 0) is 0 Å². The molecule has 0 spiro atoms. The second-order valence-corrected chi connectivity index (χ2v) is 5.90. The number of benzene rings is 3. The van der Waals surface area contributed by atoms with E-state index < -0.39 is 0 Å². The van der Waals surface area contributed by atoms with Gasteiger partial charge in [0.05, 0.1) is 7.11 Å². The van der Waals surface area contributed by atoms with Gasteiger partial charge in [-0.15, -0.1) is 0 Å². The first-order valence-electron chi connectivity index (χ1n) is 8.57. The average molecular weight is 342 g/mol. The highest BCUT2D eigenvalue weighted by Gasteiger charge is 2.08. The van der Waals surface area contributed by atoms with Crippen molar-refractivity contribution in [2.75, 3.05) is 7.11 Å². The molecule has 3 rings (SSSR count). The fourth-order valence-electron chi connectivity index (χ4n) is 2.58. The van der Waals surface area contributed by atoms with Crippen LogP contribution in [0.5, 0.6) is 11.5 Å². The minimum Gasteiger partial charge on any atom is -0.497 e. The van der Waals surface area contributed by atoms with E-state index in [1.807, 2.05) is 72.8 Å². The van der Waals surface area contributed by atoms with Gasteiger partial charge in [0.2, 0.25) is 0 Å². The summed E-state index contributed by atoms with van der Waals surface area (Å²) < 4.78 is 11.5. The standard InChI is InChI=1S/C24H22O2/c1-19(13-14-20-9-5-3-6-10-20)24(26-23-11-7-4-8-12-23)21-15-17-22(25-2)18-16-21/h3-18H,1-2H3/b14-13+,24-19-. The molecule has 0 aliphatic rings. The summed E-state index contributed by atoms with van der Waals surface area (Å²) >= 11 is 0. The largest absolute Gasteiger partial charge is 0.497 e. The monoisotopic (exact) mass is 342 g/mol. The van der Waals surface area contributed by atoms with E-state index in [9.17, 15) is 0 Å². The Hall–Kier alpha value is -3.26. The van der Waals surface area contributed by atoms with Crippen molar-refractivity contribution in [2.24, 2.45) is 0 Å². The van der Waals surface area contributed by atoms with Crippen LogP contribution in [-0.4, -0.2) is 7.11 Å². The van der Waals surface area contributed by atoms with Crippen LogP contribution in [0.2, 0.25) is 0 Å². The van der Waals surface area contributed by atoms with Crippen molar-refractivity contribution >= 4 is 11.8 Å². The van der Waals surface area contributed by atoms with Gasteiger partial charge in [0.15, 0.2) is 0 Å². The molecule has 0 heterocycles. The van der Waals surface area contributed by atoms with E-state index in [-0.39, 0.29) is 0 Å². The Morgan fingerprint density at radius 1 is 0.731 bits per heavy atom. The van der Waals surface area contributed by atoms with Gasteiger partial charge in [-0.1, -0.05) is 60.7 Å². The molecule has 0 aliphatic heterocycles. The number of methoxy groups -OCH3 is 1. The summed E-state index contributed by atoms with van der Waals surface area (Å²) in [6, 6.07) is 28.0. The number of hydrogen-bond donors (Lipinski definition) is 0. The summed E-state index contributed by atoms with van der Waals surface area (Å²) in [7, 11) is 1.67. The summed E-state index contributed by atoms with van der Waals surface area (Å²) in [4.78, 5) is 0. The molecule has 0 atom stereocenters. The van der Waals surface area contributed by atoms with Crippen LogP contribution in [0.15, 0.2) is 96.6 Å². The third-order valence-electron chi connectivity index (χ3n) is 4.00. The molecule has 3 aromatic rings. The third-order valence-corrected chi connectivity index (χ3v) is 4.00. The lowest BCUT2D eigenvalue weighted by Gasteiger charge is -2.13. The molecule has 2 nitrogen and oxygen atoms in total. The molecule has 0 fully saturated rings. The zero-order valence-electron chi connectivity index (χ0n) is 15.1. The summed E-state index contributed by atoms with van der Waals surface area (Å²) in [5.41, 5.74) is 3.20. The second kappa shape index (κ2) is 8.72. The van der Waals surface area contributed by atoms with Crippen molar-refractivity contribution in [1.29, 1.82) is 0 Å². The van der Waals surface area contributed by atoms with Crippen LogP contribution in [0.1, 0.15) is 18.1 Å². The lowest BCUT2D eigenvalue weighted by Crippen LogP contribution is -1.98. The van der Waals surface area contributed by atoms with E-state index in [4.69, 9.17) is 9.47 Å². The maximum atomic E-state index is 6.21. The number of para-hydroxylation sites is 1. The van der Waals surface area contributed by atoms with Gasteiger partial charge in [-0.25, -0.2) is 0 Å². The Morgan fingerprint density at radius 2 is 1.35 bits per heavy atom. The molecule has 0 radical (unpaired) electrons. The molecule has 0 aliphatic carbocycles. The third kappa shape index (κ3) is 4.64. The van der Waals surface area contributed by atoms with Gasteiger partial charge in [0.1, 0.15) is 17.3 Å². The normalized spacial score (nSPS) is 11.9. The highest BCUT2D eigenvalue weighted by Crippen LogP contribution is 2.26. The van der Waals surface area contributed by atoms with E-state index in [2.05, 4.69) is 31.2 Å². The highest BCUT2D eigenvalue weighted by atomic mass is 16.5. The molecule has 0 amide bonds. The van der Waals surface area contributed by atoms with Crippen molar-refractivity contribution in [3.63, 3.8) is 0 Å². The van der Waals surface area contributed by atoms with Gasteiger partial charge in [0, 0.05) is 5.56 Å². The molecule has 0 unspecified atom stereocenters. The fourth-order valence-corrected chi connectivity index (χ4v) is 2.58. The van der Waals surface area contributed by atoms with Gasteiger partial charge in [0.25, 0.3) is 0 Å². The predicted molar refractivity (Wildman–Crippen MR) is 108 cm³/mol. The van der Waals surface area contributed by atoms with Crippen molar-refractivity contribution in [2.45, 2.75) is 6.92 Å². The van der Waals surface area contributed by atoms with E-state index in [0.29, 0.717) is 0 Å². The topological polar surface area (TPSA) is 18.5 Å². The molecular weight excluding hydrogens is 320 g/mol. The molecular formula is C24H22O2. The second-order valence-electron chi connectivity index (χ2n) is 5.90. The highest BCUT2D eigenvalue weighted by molar-refractivity contribution is 5.69. The number of hydrogen-bond acceptors (Lipinski definition) is 2. The number of ether oxygens (including phenoxy) is 2. The molecule has 0 saturated carbocycles. The first kappa shape index (κ1) is 17.6. The van der Waals surface area contributed by atoms with Crippen LogP contribution < -0.4 is 9.47 Å². The van der Waals surface area contributed by atoms with Crippen LogP contribution in [0.25, 0.3) is 11.8 Å². The molecule has 0 aromatic heterocycles. The Morgan fingerprint density at radius 3 is 1.96 bits per heavy atom. The molecule has 0 N–H and O–H groups in total. The zero-order valence-corrected chi connectivity index (χ0v) is 15.1. The van der Waals surface area contributed by atoms with Crippen LogP contribution in [0.3, 0.4) is 0 Å². The lowest BCUT2D eigenvalue weighted by atomic mass is 10.1. The molecule has 130 valence electrons. The minimum absolute atomic E-state index is 0.811. The van der Waals surface area contributed by atoms with E-state index in [1.165, 1.54) is 0 Å². The molecule has 3 aromatic carbocycles. The number of rotatable bonds is 6. The van der Waals surface area contributed by atoms with Gasteiger partial charge < -0.3 is 9.47 Å². The Bertz CT molecular complexity index is 877. The van der Waals surface area contributed by atoms with Crippen molar-refractivity contribution in [3.8, 4) is 11.5 Å². The summed E-state index contributed by atoms with van der Waals surface area (Å²) in [6.45, 7) is 2.06. The Labute approximate surface area is 155 Å². The van der Waals surface area contributed by atoms with Crippen molar-refractivity contribution in [1.82, 2.24) is 0 Å². The maximum absolute atomic E-state index is 6.21. The SMILES string of the molecule is COc1ccc(/C(Oc2ccccc2)=C(C)/C=C/c2ccccc2)cc1. The van der Waals surface area contributed by atoms with Crippen molar-refractivity contribution in [3.05, 3.63) is 108 Å². The average Bonchev–Trinajstić information content (AvgIpc) is 2.72. The predicted octanol–water partition coefficient (Wildman–Crippen LogP) is 6.22. The summed E-state index contributed by atoms with van der Waals surface area (Å²) in [5.74, 6) is 2.46. The first-order valence-corrected chi connectivity index (χ1v) is 8.57. The van der Waals surface area contributed by atoms with Crippen LogP contribution in [0, 0.1) is 0 Å². The Kier molecular flexibility index (Phi) is 5.89. The molecule has 26 heavy (non-hydrogen) atoms. The quantitative estimate of drug-likeness (QED) is 0.391. The molecule has 2 heteroatoms.